The van der Waals surface area contributed by atoms with Crippen LogP contribution in [0.1, 0.15) is 6.92 Å². The molecule has 0 aliphatic heterocycles. The summed E-state index contributed by atoms with van der Waals surface area (Å²) in [7, 11) is 1.44. The van der Waals surface area contributed by atoms with Crippen molar-refractivity contribution in [3.63, 3.8) is 0 Å². The molecule has 106 valence electrons. The first-order chi connectivity index (χ1) is 9.60. The van der Waals surface area contributed by atoms with Gasteiger partial charge in [0.25, 0.3) is 11.1 Å². The van der Waals surface area contributed by atoms with Gasteiger partial charge in [0.05, 0.1) is 10.1 Å². The molecule has 2 heterocycles. The fraction of sp³-hybridized carbons (Fsp3) is 0.273. The third-order valence-electron chi connectivity index (χ3n) is 2.25. The number of carbonyl (C=O) groups excluding carboxylic acids is 2. The molecule has 0 saturated carbocycles. The lowest BCUT2D eigenvalue weighted by atomic mass is 10.4. The van der Waals surface area contributed by atoms with Crippen LogP contribution in [0.15, 0.2) is 27.2 Å². The van der Waals surface area contributed by atoms with Crippen LogP contribution >= 0.6 is 23.1 Å². The summed E-state index contributed by atoms with van der Waals surface area (Å²) in [4.78, 5) is 23.6. The zero-order chi connectivity index (χ0) is 14.5. The van der Waals surface area contributed by atoms with E-state index in [1.54, 1.807) is 6.92 Å². The Labute approximate surface area is 123 Å². The quantitative estimate of drug-likeness (QED) is 0.835. The highest BCUT2D eigenvalue weighted by Gasteiger charge is 2.20. The molecule has 2 aromatic rings. The Morgan fingerprint density at radius 1 is 1.45 bits per heavy atom. The number of hydrogen-bond acceptors (Lipinski definition) is 7. The van der Waals surface area contributed by atoms with Crippen LogP contribution in [-0.2, 0) is 4.79 Å². The molecule has 0 aliphatic rings. The zero-order valence-electron chi connectivity index (χ0n) is 10.7. The molecule has 0 aromatic carbocycles. The first-order valence-electron chi connectivity index (χ1n) is 5.66. The molecule has 1 atom stereocenters. The maximum atomic E-state index is 11.7. The molecule has 0 radical (unpaired) electrons. The molecule has 20 heavy (non-hydrogen) atoms. The van der Waals surface area contributed by atoms with Gasteiger partial charge in [-0.05, 0) is 18.4 Å². The fourth-order valence-corrected chi connectivity index (χ4v) is 2.57. The van der Waals surface area contributed by atoms with Crippen LogP contribution in [0.4, 0.5) is 4.79 Å². The molecule has 2 aromatic heterocycles. The molecular formula is C11H12N4O3S2. The molecule has 0 fully saturated rings. The van der Waals surface area contributed by atoms with Gasteiger partial charge in [0.15, 0.2) is 0 Å². The van der Waals surface area contributed by atoms with E-state index in [9.17, 15) is 9.59 Å². The second-order valence-corrected chi connectivity index (χ2v) is 5.92. The van der Waals surface area contributed by atoms with Crippen LogP contribution < -0.4 is 10.6 Å². The molecule has 0 spiro atoms. The minimum atomic E-state index is -0.549. The van der Waals surface area contributed by atoms with E-state index in [2.05, 4.69) is 20.8 Å². The summed E-state index contributed by atoms with van der Waals surface area (Å²) in [6.45, 7) is 1.65. The van der Waals surface area contributed by atoms with Gasteiger partial charge in [-0.2, -0.15) is 0 Å². The van der Waals surface area contributed by atoms with Gasteiger partial charge in [0.1, 0.15) is 0 Å². The average molecular weight is 312 g/mol. The summed E-state index contributed by atoms with van der Waals surface area (Å²) in [5.74, 6) is -0.00775. The molecule has 2 N–H and O–H groups in total. The van der Waals surface area contributed by atoms with Gasteiger partial charge in [-0.15, -0.1) is 21.5 Å². The van der Waals surface area contributed by atoms with Crippen LogP contribution in [-0.4, -0.2) is 34.4 Å². The lowest BCUT2D eigenvalue weighted by Gasteiger charge is -2.07. The van der Waals surface area contributed by atoms with E-state index in [0.717, 1.165) is 16.6 Å². The number of amides is 3. The van der Waals surface area contributed by atoms with Crippen molar-refractivity contribution in [2.24, 2.45) is 0 Å². The van der Waals surface area contributed by atoms with E-state index in [1.165, 1.54) is 18.4 Å². The number of aromatic nitrogens is 2. The normalized spacial score (nSPS) is 11.9. The zero-order valence-corrected chi connectivity index (χ0v) is 12.4. The van der Waals surface area contributed by atoms with Gasteiger partial charge in [0, 0.05) is 7.05 Å². The van der Waals surface area contributed by atoms with Crippen LogP contribution in [0, 0.1) is 0 Å². The van der Waals surface area contributed by atoms with Crippen molar-refractivity contribution in [1.29, 1.82) is 0 Å². The van der Waals surface area contributed by atoms with Crippen molar-refractivity contribution in [1.82, 2.24) is 20.8 Å². The lowest BCUT2D eigenvalue weighted by Crippen LogP contribution is -2.41. The molecule has 0 aliphatic carbocycles. The summed E-state index contributed by atoms with van der Waals surface area (Å²) in [5.41, 5.74) is 0. The second-order valence-electron chi connectivity index (χ2n) is 3.68. The minimum absolute atomic E-state index is 0.285. The summed E-state index contributed by atoms with van der Waals surface area (Å²) in [5, 5.41) is 13.9. The predicted molar refractivity (Wildman–Crippen MR) is 75.5 cm³/mol. The summed E-state index contributed by atoms with van der Waals surface area (Å²) in [6.07, 6.45) is 0. The number of nitrogens with one attached hydrogen (secondary N) is 2. The van der Waals surface area contributed by atoms with Gasteiger partial charge in [0.2, 0.25) is 5.91 Å². The van der Waals surface area contributed by atoms with Crippen molar-refractivity contribution in [3.8, 4) is 10.8 Å². The van der Waals surface area contributed by atoms with E-state index in [4.69, 9.17) is 4.42 Å². The minimum Gasteiger partial charge on any atom is -0.410 e. The van der Waals surface area contributed by atoms with Gasteiger partial charge in [-0.3, -0.25) is 10.1 Å². The Morgan fingerprint density at radius 2 is 2.25 bits per heavy atom. The van der Waals surface area contributed by atoms with Gasteiger partial charge in [-0.25, -0.2) is 4.79 Å². The lowest BCUT2D eigenvalue weighted by molar-refractivity contribution is -0.119. The Balaban J connectivity index is 1.96. The third kappa shape index (κ3) is 3.58. The van der Waals surface area contributed by atoms with Crippen molar-refractivity contribution in [2.45, 2.75) is 17.4 Å². The topological polar surface area (TPSA) is 97.1 Å². The Morgan fingerprint density at radius 3 is 2.90 bits per heavy atom. The number of thiophene rings is 1. The highest BCUT2D eigenvalue weighted by Crippen LogP contribution is 2.28. The number of urea groups is 1. The van der Waals surface area contributed by atoms with Gasteiger partial charge in [-0.1, -0.05) is 17.8 Å². The van der Waals surface area contributed by atoms with Crippen LogP contribution in [0.2, 0.25) is 0 Å². The van der Waals surface area contributed by atoms with Crippen molar-refractivity contribution < 1.29 is 14.0 Å². The largest absolute Gasteiger partial charge is 0.410 e. The van der Waals surface area contributed by atoms with E-state index < -0.39 is 17.2 Å². The predicted octanol–water partition coefficient (Wildman–Crippen LogP) is 1.73. The van der Waals surface area contributed by atoms with E-state index in [1.807, 2.05) is 17.5 Å². The maximum absolute atomic E-state index is 11.7. The smallest absolute Gasteiger partial charge is 0.321 e. The summed E-state index contributed by atoms with van der Waals surface area (Å²) >= 11 is 2.58. The SMILES string of the molecule is CNC(=O)NC(=O)C(C)Sc1nnc(-c2cccs2)o1. The van der Waals surface area contributed by atoms with E-state index in [-0.39, 0.29) is 5.22 Å². The summed E-state index contributed by atoms with van der Waals surface area (Å²) < 4.78 is 5.45. The Kier molecular flexibility index (Phi) is 4.74. The number of hydrogen-bond donors (Lipinski definition) is 2. The number of imide groups is 1. The standard InChI is InChI=1S/C11H12N4O3S2/c1-6(8(16)13-10(17)12-2)20-11-15-14-9(18-11)7-4-3-5-19-7/h3-6H,1-2H3,(H2,12,13,16,17). The number of thioether (sulfide) groups is 1. The molecule has 9 heteroatoms. The van der Waals surface area contributed by atoms with Crippen molar-refractivity contribution >= 4 is 35.0 Å². The first kappa shape index (κ1) is 14.5. The van der Waals surface area contributed by atoms with Crippen LogP contribution in [0.3, 0.4) is 0 Å². The highest BCUT2D eigenvalue weighted by atomic mass is 32.2. The molecule has 1 unspecified atom stereocenters. The fourth-order valence-electron chi connectivity index (χ4n) is 1.24. The van der Waals surface area contributed by atoms with E-state index in [0.29, 0.717) is 5.89 Å². The second kappa shape index (κ2) is 6.53. The monoisotopic (exact) mass is 312 g/mol. The van der Waals surface area contributed by atoms with Gasteiger partial charge >= 0.3 is 6.03 Å². The Hall–Kier alpha value is -1.87. The van der Waals surface area contributed by atoms with Gasteiger partial charge < -0.3 is 9.73 Å². The van der Waals surface area contributed by atoms with Crippen molar-refractivity contribution in [3.05, 3.63) is 17.5 Å². The maximum Gasteiger partial charge on any atom is 0.321 e. The van der Waals surface area contributed by atoms with Crippen molar-refractivity contribution in [2.75, 3.05) is 7.05 Å². The molecule has 3 amide bonds. The Bertz CT molecular complexity index is 597. The molecule has 2 rings (SSSR count). The van der Waals surface area contributed by atoms with Crippen LogP contribution in [0.5, 0.6) is 0 Å². The first-order valence-corrected chi connectivity index (χ1v) is 7.42. The number of rotatable bonds is 4. The highest BCUT2D eigenvalue weighted by molar-refractivity contribution is 8.00. The molecule has 7 nitrogen and oxygen atoms in total. The molecule has 0 saturated heterocycles. The van der Waals surface area contributed by atoms with E-state index >= 15 is 0 Å². The number of carbonyl (C=O) groups is 2. The third-order valence-corrected chi connectivity index (χ3v) is 4.04. The van der Waals surface area contributed by atoms with Crippen LogP contribution in [0.25, 0.3) is 10.8 Å². The molecule has 0 bridgehead atoms. The summed E-state index contributed by atoms with van der Waals surface area (Å²) in [6, 6.07) is 3.21. The molecular weight excluding hydrogens is 300 g/mol. The number of nitrogens with zero attached hydrogens (tertiary/aromatic N) is 2. The average Bonchev–Trinajstić information content (AvgIpc) is 3.08.